The molecule has 2 heterocycles. The molecule has 0 aromatic heterocycles. The fraction of sp³-hybridized carbons (Fsp3) is 0.333. The third-order valence-corrected chi connectivity index (χ3v) is 5.46. The van der Waals surface area contributed by atoms with Gasteiger partial charge in [0.1, 0.15) is 6.54 Å². The van der Waals surface area contributed by atoms with E-state index in [-0.39, 0.29) is 11.8 Å². The molecule has 2 aliphatic heterocycles. The summed E-state index contributed by atoms with van der Waals surface area (Å²) in [5.74, 6) is 1.13. The maximum atomic E-state index is 12.5. The van der Waals surface area contributed by atoms with Crippen LogP contribution in [-0.4, -0.2) is 50.6 Å². The number of quaternary nitrogens is 1. The summed E-state index contributed by atoms with van der Waals surface area (Å²) < 4.78 is 10.8. The van der Waals surface area contributed by atoms with Crippen LogP contribution >= 0.6 is 0 Å². The fourth-order valence-electron chi connectivity index (χ4n) is 3.96. The summed E-state index contributed by atoms with van der Waals surface area (Å²) in [5, 5.41) is 0. The molecule has 2 aromatic carbocycles. The Morgan fingerprint density at radius 2 is 1.56 bits per heavy atom. The highest BCUT2D eigenvalue weighted by atomic mass is 16.5. The Morgan fingerprint density at radius 3 is 2.15 bits per heavy atom. The molecule has 0 spiro atoms. The van der Waals surface area contributed by atoms with Crippen molar-refractivity contribution in [2.75, 3.05) is 33.9 Å². The number of carbonyl (C=O) groups excluding carboxylic acids is 2. The Bertz CT molecular complexity index is 874. The number of nitrogens with zero attached hydrogens (tertiary/aromatic N) is 1. The zero-order valence-corrected chi connectivity index (χ0v) is 15.6. The molecule has 0 saturated heterocycles. The zero-order chi connectivity index (χ0) is 19.0. The molecule has 27 heavy (non-hydrogen) atoms. The monoisotopic (exact) mass is 367 g/mol. The summed E-state index contributed by atoms with van der Waals surface area (Å²) in [6.45, 7) is 2.98. The molecule has 2 aromatic rings. The number of imide groups is 1. The van der Waals surface area contributed by atoms with Crippen LogP contribution in [0.25, 0.3) is 0 Å². The summed E-state index contributed by atoms with van der Waals surface area (Å²) >= 11 is 0. The van der Waals surface area contributed by atoms with E-state index in [1.807, 2.05) is 6.07 Å². The number of amides is 2. The van der Waals surface area contributed by atoms with Gasteiger partial charge in [0.2, 0.25) is 0 Å². The van der Waals surface area contributed by atoms with Crippen molar-refractivity contribution in [1.29, 1.82) is 0 Å². The number of fused-ring (bicyclic) bond motifs is 2. The molecular formula is C21H23N2O4+. The molecule has 0 saturated carbocycles. The van der Waals surface area contributed by atoms with Gasteiger partial charge in [-0.15, -0.1) is 0 Å². The van der Waals surface area contributed by atoms with Gasteiger partial charge in [0.25, 0.3) is 11.8 Å². The smallest absolute Gasteiger partial charge is 0.261 e. The van der Waals surface area contributed by atoms with Crippen molar-refractivity contribution < 1.29 is 24.0 Å². The van der Waals surface area contributed by atoms with Crippen molar-refractivity contribution in [3.8, 4) is 11.5 Å². The summed E-state index contributed by atoms with van der Waals surface area (Å²) in [5.41, 5.74) is 3.53. The van der Waals surface area contributed by atoms with Gasteiger partial charge in [0, 0.05) is 12.0 Å². The number of ether oxygens (including phenoxy) is 2. The molecule has 2 aliphatic rings. The second-order valence-corrected chi connectivity index (χ2v) is 6.96. The number of nitrogens with one attached hydrogen (secondary N) is 1. The lowest BCUT2D eigenvalue weighted by atomic mass is 9.99. The topological polar surface area (TPSA) is 60.3 Å². The molecule has 6 heteroatoms. The van der Waals surface area contributed by atoms with Crippen LogP contribution in [0.3, 0.4) is 0 Å². The molecular weight excluding hydrogens is 344 g/mol. The summed E-state index contributed by atoms with van der Waals surface area (Å²) in [6.07, 6.45) is 0.938. The van der Waals surface area contributed by atoms with Crippen molar-refractivity contribution in [2.45, 2.75) is 13.0 Å². The van der Waals surface area contributed by atoms with Gasteiger partial charge in [0.15, 0.2) is 11.5 Å². The lowest BCUT2D eigenvalue weighted by Gasteiger charge is -2.28. The summed E-state index contributed by atoms with van der Waals surface area (Å²) in [6, 6.07) is 11.1. The Hall–Kier alpha value is -2.86. The molecule has 1 unspecified atom stereocenters. The molecule has 140 valence electrons. The molecule has 4 rings (SSSR count). The van der Waals surface area contributed by atoms with Crippen LogP contribution in [-0.2, 0) is 13.0 Å². The number of hydrogen-bond donors (Lipinski definition) is 1. The number of methoxy groups -OCH3 is 2. The predicted octanol–water partition coefficient (Wildman–Crippen LogP) is 0.941. The van der Waals surface area contributed by atoms with Gasteiger partial charge in [-0.2, -0.15) is 0 Å². The molecule has 1 N–H and O–H groups in total. The Kier molecular flexibility index (Phi) is 4.58. The highest BCUT2D eigenvalue weighted by molar-refractivity contribution is 6.21. The first-order valence-corrected chi connectivity index (χ1v) is 9.15. The number of benzene rings is 2. The third kappa shape index (κ3) is 3.06. The van der Waals surface area contributed by atoms with E-state index in [1.54, 1.807) is 38.5 Å². The largest absolute Gasteiger partial charge is 0.493 e. The van der Waals surface area contributed by atoms with Crippen molar-refractivity contribution in [3.05, 3.63) is 58.7 Å². The normalized spacial score (nSPS) is 18.3. The molecule has 2 amide bonds. The Morgan fingerprint density at radius 1 is 0.963 bits per heavy atom. The first kappa shape index (κ1) is 17.5. The first-order valence-electron chi connectivity index (χ1n) is 9.15. The van der Waals surface area contributed by atoms with Crippen LogP contribution in [0.15, 0.2) is 36.4 Å². The Balaban J connectivity index is 1.44. The van der Waals surface area contributed by atoms with E-state index >= 15 is 0 Å². The van der Waals surface area contributed by atoms with E-state index < -0.39 is 0 Å². The van der Waals surface area contributed by atoms with Crippen LogP contribution in [0.1, 0.15) is 31.8 Å². The minimum Gasteiger partial charge on any atom is -0.493 e. The van der Waals surface area contributed by atoms with Gasteiger partial charge in [-0.1, -0.05) is 12.1 Å². The van der Waals surface area contributed by atoms with E-state index in [4.69, 9.17) is 9.47 Å². The number of carbonyl (C=O) groups is 2. The SMILES string of the molecule is COc1cc2c(cc1OC)C[NH+](CCN1C(=O)c3ccccc3C1=O)CC2. The lowest BCUT2D eigenvalue weighted by Crippen LogP contribution is -3.12. The van der Waals surface area contributed by atoms with Gasteiger partial charge >= 0.3 is 0 Å². The predicted molar refractivity (Wildman–Crippen MR) is 99.5 cm³/mol. The first-order chi connectivity index (χ1) is 13.1. The minimum absolute atomic E-state index is 0.182. The van der Waals surface area contributed by atoms with Crippen LogP contribution in [0.4, 0.5) is 0 Å². The van der Waals surface area contributed by atoms with E-state index in [0.29, 0.717) is 17.7 Å². The van der Waals surface area contributed by atoms with Crippen LogP contribution in [0.2, 0.25) is 0 Å². The van der Waals surface area contributed by atoms with Gasteiger partial charge in [0.05, 0.1) is 45.0 Å². The molecule has 0 fully saturated rings. The van der Waals surface area contributed by atoms with Gasteiger partial charge in [-0.25, -0.2) is 0 Å². The maximum Gasteiger partial charge on any atom is 0.261 e. The highest BCUT2D eigenvalue weighted by Gasteiger charge is 2.35. The van der Waals surface area contributed by atoms with E-state index in [2.05, 4.69) is 6.07 Å². The zero-order valence-electron chi connectivity index (χ0n) is 15.6. The average molecular weight is 367 g/mol. The van der Waals surface area contributed by atoms with Crippen LogP contribution < -0.4 is 14.4 Å². The highest BCUT2D eigenvalue weighted by Crippen LogP contribution is 2.31. The quantitative estimate of drug-likeness (QED) is 0.799. The second kappa shape index (κ2) is 7.04. The second-order valence-electron chi connectivity index (χ2n) is 6.96. The molecule has 1 atom stereocenters. The van der Waals surface area contributed by atoms with Crippen molar-refractivity contribution >= 4 is 11.8 Å². The van der Waals surface area contributed by atoms with Gasteiger partial charge < -0.3 is 14.4 Å². The molecule has 6 nitrogen and oxygen atoms in total. The number of hydrogen-bond acceptors (Lipinski definition) is 4. The Labute approximate surface area is 158 Å². The van der Waals surface area contributed by atoms with E-state index in [0.717, 1.165) is 37.6 Å². The average Bonchev–Trinajstić information content (AvgIpc) is 2.95. The minimum atomic E-state index is -0.182. The van der Waals surface area contributed by atoms with Crippen molar-refractivity contribution in [2.24, 2.45) is 0 Å². The van der Waals surface area contributed by atoms with E-state index in [9.17, 15) is 9.59 Å². The molecule has 0 bridgehead atoms. The fourth-order valence-corrected chi connectivity index (χ4v) is 3.96. The van der Waals surface area contributed by atoms with Crippen molar-refractivity contribution in [1.82, 2.24) is 4.90 Å². The lowest BCUT2D eigenvalue weighted by molar-refractivity contribution is -0.915. The van der Waals surface area contributed by atoms with Crippen molar-refractivity contribution in [3.63, 3.8) is 0 Å². The standard InChI is InChI=1S/C21H22N2O4/c1-26-18-11-14-7-8-22(13-15(14)12-19(18)27-2)9-10-23-20(24)16-5-3-4-6-17(16)21(23)25/h3-6,11-12H,7-10,13H2,1-2H3/p+1. The van der Waals surface area contributed by atoms with Crippen LogP contribution in [0.5, 0.6) is 11.5 Å². The number of rotatable bonds is 5. The summed E-state index contributed by atoms with van der Waals surface area (Å²) in [7, 11) is 3.28. The van der Waals surface area contributed by atoms with Crippen LogP contribution in [0, 0.1) is 0 Å². The summed E-state index contributed by atoms with van der Waals surface area (Å²) in [4.78, 5) is 27.7. The third-order valence-electron chi connectivity index (χ3n) is 5.46. The molecule has 0 aliphatic carbocycles. The molecule has 0 radical (unpaired) electrons. The van der Waals surface area contributed by atoms with Gasteiger partial charge in [-0.05, 0) is 29.8 Å². The van der Waals surface area contributed by atoms with Gasteiger partial charge in [-0.3, -0.25) is 14.5 Å². The maximum absolute atomic E-state index is 12.5. The van der Waals surface area contributed by atoms with E-state index in [1.165, 1.54) is 20.9 Å².